The van der Waals surface area contributed by atoms with Gasteiger partial charge in [-0.25, -0.2) is 9.18 Å². The lowest BCUT2D eigenvalue weighted by Crippen LogP contribution is -2.19. The van der Waals surface area contributed by atoms with Crippen molar-refractivity contribution in [2.24, 2.45) is 5.73 Å². The highest BCUT2D eigenvalue weighted by Gasteiger charge is 1.95. The van der Waals surface area contributed by atoms with E-state index < -0.39 is 11.8 Å². The van der Waals surface area contributed by atoms with Crippen LogP contribution in [0.25, 0.3) is 0 Å². The van der Waals surface area contributed by atoms with Gasteiger partial charge in [-0.1, -0.05) is 6.07 Å². The van der Waals surface area contributed by atoms with Crippen LogP contribution >= 0.6 is 0 Å². The number of rotatable bonds is 1. The molecular formula is C7H11FN2O. The number of carbonyl (C=O) groups excluding carboxylic acids is 1. The first-order valence-corrected chi connectivity index (χ1v) is 3.00. The van der Waals surface area contributed by atoms with Gasteiger partial charge in [-0.05, 0) is 18.2 Å². The summed E-state index contributed by atoms with van der Waals surface area (Å²) in [6.45, 7) is 0. The van der Waals surface area contributed by atoms with E-state index in [1.807, 2.05) is 0 Å². The summed E-state index contributed by atoms with van der Waals surface area (Å²) in [6, 6.07) is 4.81. The molecule has 1 rings (SSSR count). The van der Waals surface area contributed by atoms with Gasteiger partial charge in [0.15, 0.2) is 0 Å². The summed E-state index contributed by atoms with van der Waals surface area (Å²) >= 11 is 0. The van der Waals surface area contributed by atoms with Crippen LogP contribution in [0.1, 0.15) is 2.85 Å². The van der Waals surface area contributed by atoms with Crippen LogP contribution in [0.4, 0.5) is 14.9 Å². The molecule has 0 aliphatic carbocycles. The number of halogens is 1. The average molecular weight is 158 g/mol. The number of amides is 2. The van der Waals surface area contributed by atoms with Crippen molar-refractivity contribution in [3.8, 4) is 0 Å². The Morgan fingerprint density at radius 3 is 2.91 bits per heavy atom. The van der Waals surface area contributed by atoms with E-state index in [-0.39, 0.29) is 2.85 Å². The number of carbonyl (C=O) groups is 1. The van der Waals surface area contributed by atoms with Crippen LogP contribution in [0.3, 0.4) is 0 Å². The number of hydrogen-bond donors (Lipinski definition) is 2. The summed E-state index contributed by atoms with van der Waals surface area (Å²) in [4.78, 5) is 10.3. The lowest BCUT2D eigenvalue weighted by Gasteiger charge is -1.99. The molecule has 0 saturated heterocycles. The number of benzene rings is 1. The molecule has 3 N–H and O–H groups in total. The second-order valence-electron chi connectivity index (χ2n) is 2.00. The lowest BCUT2D eigenvalue weighted by atomic mass is 10.3. The van der Waals surface area contributed by atoms with Crippen molar-refractivity contribution < 1.29 is 12.0 Å². The first-order valence-electron chi connectivity index (χ1n) is 3.00. The Kier molecular flexibility index (Phi) is 2.06. The van der Waals surface area contributed by atoms with Crippen LogP contribution in [0.5, 0.6) is 0 Å². The molecule has 0 aromatic heterocycles. The summed E-state index contributed by atoms with van der Waals surface area (Å²) in [7, 11) is 0. The molecule has 0 heterocycles. The maximum Gasteiger partial charge on any atom is 0.316 e. The van der Waals surface area contributed by atoms with Gasteiger partial charge in [0.2, 0.25) is 0 Å². The first-order chi connectivity index (χ1) is 5.18. The van der Waals surface area contributed by atoms with Gasteiger partial charge in [0, 0.05) is 8.54 Å². The topological polar surface area (TPSA) is 55.1 Å². The standard InChI is InChI=1S/C7H7FN2O.2H2/c8-5-2-1-3-6(4-5)10-7(9)11;;/h1-4H,(H3,9,10,11);2*1H. The number of hydrogen-bond acceptors (Lipinski definition) is 1. The van der Waals surface area contributed by atoms with Crippen LogP contribution in [-0.4, -0.2) is 6.03 Å². The van der Waals surface area contributed by atoms with E-state index in [0.717, 1.165) is 0 Å². The molecule has 1 aromatic carbocycles. The highest BCUT2D eigenvalue weighted by Crippen LogP contribution is 2.07. The molecule has 0 aliphatic heterocycles. The van der Waals surface area contributed by atoms with Gasteiger partial charge in [-0.2, -0.15) is 0 Å². The molecule has 0 fully saturated rings. The molecule has 0 bridgehead atoms. The fourth-order valence-corrected chi connectivity index (χ4v) is 0.708. The van der Waals surface area contributed by atoms with Crippen molar-refractivity contribution in [3.63, 3.8) is 0 Å². The van der Waals surface area contributed by atoms with Crippen LogP contribution < -0.4 is 11.1 Å². The lowest BCUT2D eigenvalue weighted by molar-refractivity contribution is 0.259. The van der Waals surface area contributed by atoms with Crippen LogP contribution in [0.2, 0.25) is 0 Å². The van der Waals surface area contributed by atoms with Crippen molar-refractivity contribution in [3.05, 3.63) is 30.1 Å². The van der Waals surface area contributed by atoms with E-state index in [2.05, 4.69) is 5.32 Å². The third-order valence-electron chi connectivity index (χ3n) is 1.09. The molecule has 2 amide bonds. The van der Waals surface area contributed by atoms with Crippen molar-refractivity contribution in [1.29, 1.82) is 0 Å². The fraction of sp³-hybridized carbons (Fsp3) is 0. The van der Waals surface area contributed by atoms with E-state index in [9.17, 15) is 9.18 Å². The van der Waals surface area contributed by atoms with Crippen molar-refractivity contribution in [1.82, 2.24) is 0 Å². The summed E-state index contributed by atoms with van der Waals surface area (Å²) in [5.74, 6) is -0.406. The number of primary amides is 1. The molecular weight excluding hydrogens is 147 g/mol. The van der Waals surface area contributed by atoms with Gasteiger partial charge in [0.1, 0.15) is 5.82 Å². The maximum absolute atomic E-state index is 12.4. The van der Waals surface area contributed by atoms with E-state index in [1.165, 1.54) is 18.2 Å². The zero-order chi connectivity index (χ0) is 8.27. The van der Waals surface area contributed by atoms with Gasteiger partial charge in [-0.3, -0.25) is 0 Å². The predicted molar refractivity (Wildman–Crippen MR) is 43.8 cm³/mol. The van der Waals surface area contributed by atoms with Crippen molar-refractivity contribution >= 4 is 11.7 Å². The molecule has 4 heteroatoms. The Morgan fingerprint density at radius 1 is 1.64 bits per heavy atom. The smallest absolute Gasteiger partial charge is 0.316 e. The number of urea groups is 1. The minimum atomic E-state index is -0.699. The van der Waals surface area contributed by atoms with Gasteiger partial charge < -0.3 is 11.1 Å². The number of anilines is 1. The zero-order valence-electron chi connectivity index (χ0n) is 5.67. The maximum atomic E-state index is 12.4. The van der Waals surface area contributed by atoms with Gasteiger partial charge in [-0.15, -0.1) is 0 Å². The highest BCUT2D eigenvalue weighted by atomic mass is 19.1. The normalized spacial score (nSPS) is 9.18. The van der Waals surface area contributed by atoms with Gasteiger partial charge in [0.25, 0.3) is 0 Å². The van der Waals surface area contributed by atoms with Crippen molar-refractivity contribution in [2.45, 2.75) is 0 Å². The van der Waals surface area contributed by atoms with Gasteiger partial charge in [0.05, 0.1) is 0 Å². The second-order valence-corrected chi connectivity index (χ2v) is 2.00. The van der Waals surface area contributed by atoms with E-state index in [4.69, 9.17) is 5.73 Å². The Balaban J connectivity index is 0. The Bertz CT molecular complexity index is 283. The van der Waals surface area contributed by atoms with Crippen molar-refractivity contribution in [2.75, 3.05) is 5.32 Å². The first kappa shape index (κ1) is 7.53. The molecule has 0 saturated carbocycles. The van der Waals surface area contributed by atoms with E-state index in [0.29, 0.717) is 5.69 Å². The largest absolute Gasteiger partial charge is 0.351 e. The predicted octanol–water partition coefficient (Wildman–Crippen LogP) is 1.81. The summed E-state index contributed by atoms with van der Waals surface area (Å²) in [5, 5.41) is 2.24. The molecule has 0 radical (unpaired) electrons. The molecule has 0 atom stereocenters. The van der Waals surface area contributed by atoms with Crippen LogP contribution in [-0.2, 0) is 0 Å². The molecule has 11 heavy (non-hydrogen) atoms. The third-order valence-corrected chi connectivity index (χ3v) is 1.09. The quantitative estimate of drug-likeness (QED) is 0.643. The molecule has 0 unspecified atom stereocenters. The molecule has 62 valence electrons. The minimum Gasteiger partial charge on any atom is -0.351 e. The highest BCUT2D eigenvalue weighted by molar-refractivity contribution is 5.87. The number of nitrogens with one attached hydrogen (secondary N) is 1. The molecule has 3 nitrogen and oxygen atoms in total. The van der Waals surface area contributed by atoms with E-state index >= 15 is 0 Å². The summed E-state index contributed by atoms with van der Waals surface area (Å²) < 4.78 is 12.4. The third kappa shape index (κ3) is 2.25. The Morgan fingerprint density at radius 2 is 2.36 bits per heavy atom. The van der Waals surface area contributed by atoms with Gasteiger partial charge >= 0.3 is 6.03 Å². The van der Waals surface area contributed by atoms with Crippen LogP contribution in [0, 0.1) is 5.82 Å². The van der Waals surface area contributed by atoms with E-state index in [1.54, 1.807) is 6.07 Å². The monoisotopic (exact) mass is 158 g/mol. The van der Waals surface area contributed by atoms with Crippen LogP contribution in [0.15, 0.2) is 24.3 Å². The number of nitrogens with two attached hydrogens (primary N) is 1. The zero-order valence-corrected chi connectivity index (χ0v) is 5.67. The minimum absolute atomic E-state index is 0. The fourth-order valence-electron chi connectivity index (χ4n) is 0.708. The molecule has 0 spiro atoms. The average Bonchev–Trinajstić information content (AvgIpc) is 1.85. The second kappa shape index (κ2) is 3.01. The Hall–Kier alpha value is -1.58. The molecule has 1 aromatic rings. The SMILES string of the molecule is NC(=O)Nc1cccc(F)c1.[HH].[HH]. The molecule has 0 aliphatic rings. The summed E-state index contributed by atoms with van der Waals surface area (Å²) in [6.07, 6.45) is 0. The Labute approximate surface area is 66.0 Å². The summed E-state index contributed by atoms with van der Waals surface area (Å²) in [5.41, 5.74) is 5.16.